The molecule has 1 atom stereocenters. The molecule has 0 bridgehead atoms. The van der Waals surface area contributed by atoms with Crippen LogP contribution in [0.2, 0.25) is 0 Å². The Morgan fingerprint density at radius 1 is 1.33 bits per heavy atom. The van der Waals surface area contributed by atoms with Crippen LogP contribution >= 0.6 is 0 Å². The van der Waals surface area contributed by atoms with Gasteiger partial charge in [0.15, 0.2) is 0 Å². The number of nitrogens with zero attached hydrogens (tertiary/aromatic N) is 2. The van der Waals surface area contributed by atoms with Gasteiger partial charge in [-0.15, -0.1) is 0 Å². The molecule has 4 nitrogen and oxygen atoms in total. The van der Waals surface area contributed by atoms with Gasteiger partial charge in [0.1, 0.15) is 0 Å². The molecule has 0 aliphatic carbocycles. The van der Waals surface area contributed by atoms with Crippen molar-refractivity contribution in [1.82, 2.24) is 9.80 Å². The molecule has 0 aromatic heterocycles. The summed E-state index contributed by atoms with van der Waals surface area (Å²) in [4.78, 5) is 16.1. The van der Waals surface area contributed by atoms with Gasteiger partial charge in [0.2, 0.25) is 5.91 Å². The Bertz CT molecular complexity index is 208. The summed E-state index contributed by atoms with van der Waals surface area (Å²) in [5.41, 5.74) is 5.84. The van der Waals surface area contributed by atoms with E-state index in [1.54, 1.807) is 0 Å². The van der Waals surface area contributed by atoms with E-state index in [2.05, 4.69) is 18.9 Å². The quantitative estimate of drug-likeness (QED) is 0.732. The lowest BCUT2D eigenvalue weighted by molar-refractivity contribution is -0.132. The molecule has 15 heavy (non-hydrogen) atoms. The molecular formula is C11H23N3O. The molecule has 0 saturated carbocycles. The van der Waals surface area contributed by atoms with Gasteiger partial charge < -0.3 is 15.5 Å². The summed E-state index contributed by atoms with van der Waals surface area (Å²) in [5, 5.41) is 0. The van der Waals surface area contributed by atoms with Gasteiger partial charge in [0, 0.05) is 19.6 Å². The highest BCUT2D eigenvalue weighted by atomic mass is 16.2. The fourth-order valence-electron chi connectivity index (χ4n) is 1.94. The van der Waals surface area contributed by atoms with Crippen molar-refractivity contribution < 1.29 is 4.79 Å². The minimum absolute atomic E-state index is 0.132. The molecule has 4 heteroatoms. The number of rotatable bonds is 3. The van der Waals surface area contributed by atoms with Crippen molar-refractivity contribution in [2.45, 2.75) is 32.2 Å². The van der Waals surface area contributed by atoms with Gasteiger partial charge in [-0.2, -0.15) is 0 Å². The monoisotopic (exact) mass is 213 g/mol. The molecule has 88 valence electrons. The van der Waals surface area contributed by atoms with Crippen molar-refractivity contribution >= 4 is 5.91 Å². The van der Waals surface area contributed by atoms with E-state index in [0.29, 0.717) is 0 Å². The lowest BCUT2D eigenvalue weighted by Crippen LogP contribution is -2.45. The van der Waals surface area contributed by atoms with Gasteiger partial charge in [0.25, 0.3) is 0 Å². The number of hydrogen-bond acceptors (Lipinski definition) is 3. The maximum atomic E-state index is 11.9. The van der Waals surface area contributed by atoms with Crippen LogP contribution in [0.1, 0.15) is 26.2 Å². The number of carbonyl (C=O) groups excluding carboxylic acids is 1. The fourth-order valence-corrected chi connectivity index (χ4v) is 1.94. The molecule has 1 aliphatic rings. The largest absolute Gasteiger partial charge is 0.340 e. The molecule has 0 aromatic rings. The highest BCUT2D eigenvalue weighted by molar-refractivity contribution is 5.81. The van der Waals surface area contributed by atoms with Gasteiger partial charge in [0.05, 0.1) is 6.04 Å². The zero-order valence-corrected chi connectivity index (χ0v) is 9.91. The molecule has 0 unspecified atom stereocenters. The molecule has 1 saturated heterocycles. The summed E-state index contributed by atoms with van der Waals surface area (Å²) in [6.07, 6.45) is 2.83. The maximum absolute atomic E-state index is 11.9. The Labute approximate surface area is 92.4 Å². The van der Waals surface area contributed by atoms with Crippen LogP contribution in [-0.2, 0) is 4.79 Å². The standard InChI is InChI=1S/C11H23N3O/c1-3-5-10(12)11(15)14-7-4-6-13(2)8-9-14/h10H,3-9,12H2,1-2H3/t10-/m1/s1. The smallest absolute Gasteiger partial charge is 0.239 e. The topological polar surface area (TPSA) is 49.6 Å². The molecule has 1 aliphatic heterocycles. The first kappa shape index (κ1) is 12.5. The first-order valence-electron chi connectivity index (χ1n) is 5.88. The predicted octanol–water partition coefficient (Wildman–Crippen LogP) is 0.278. The molecule has 0 aromatic carbocycles. The Kier molecular flexibility index (Phi) is 5.05. The molecule has 1 amide bonds. The number of amides is 1. The van der Waals surface area contributed by atoms with Crippen LogP contribution in [0, 0.1) is 0 Å². The molecule has 2 N–H and O–H groups in total. The lowest BCUT2D eigenvalue weighted by Gasteiger charge is -2.23. The summed E-state index contributed by atoms with van der Waals surface area (Å²) in [6.45, 7) is 5.79. The third kappa shape index (κ3) is 3.80. The molecule has 1 heterocycles. The minimum Gasteiger partial charge on any atom is -0.340 e. The van der Waals surface area contributed by atoms with Gasteiger partial charge >= 0.3 is 0 Å². The minimum atomic E-state index is -0.293. The molecule has 0 spiro atoms. The van der Waals surface area contributed by atoms with Crippen LogP contribution in [0.25, 0.3) is 0 Å². The van der Waals surface area contributed by atoms with E-state index in [-0.39, 0.29) is 11.9 Å². The molecule has 1 rings (SSSR count). The number of nitrogens with two attached hydrogens (primary N) is 1. The number of hydrogen-bond donors (Lipinski definition) is 1. The van der Waals surface area contributed by atoms with Crippen molar-refractivity contribution in [3.8, 4) is 0 Å². The predicted molar refractivity (Wildman–Crippen MR) is 61.6 cm³/mol. The number of likely N-dealkylation sites (N-methyl/N-ethyl adjacent to an activating group) is 1. The Morgan fingerprint density at radius 2 is 2.07 bits per heavy atom. The van der Waals surface area contributed by atoms with Crippen LogP contribution in [0.5, 0.6) is 0 Å². The van der Waals surface area contributed by atoms with Gasteiger partial charge in [-0.1, -0.05) is 13.3 Å². The van der Waals surface area contributed by atoms with E-state index in [1.807, 2.05) is 4.90 Å². The van der Waals surface area contributed by atoms with E-state index in [0.717, 1.165) is 45.4 Å². The summed E-state index contributed by atoms with van der Waals surface area (Å²) in [7, 11) is 2.10. The second kappa shape index (κ2) is 6.08. The van der Waals surface area contributed by atoms with Gasteiger partial charge in [-0.3, -0.25) is 4.79 Å². The van der Waals surface area contributed by atoms with Crippen molar-refractivity contribution in [2.24, 2.45) is 5.73 Å². The van der Waals surface area contributed by atoms with Gasteiger partial charge in [-0.05, 0) is 26.4 Å². The summed E-state index contributed by atoms with van der Waals surface area (Å²) >= 11 is 0. The van der Waals surface area contributed by atoms with Crippen molar-refractivity contribution in [2.75, 3.05) is 33.2 Å². The zero-order valence-electron chi connectivity index (χ0n) is 9.91. The van der Waals surface area contributed by atoms with Crippen LogP contribution in [0.4, 0.5) is 0 Å². The second-order valence-corrected chi connectivity index (χ2v) is 4.38. The van der Waals surface area contributed by atoms with E-state index in [4.69, 9.17) is 5.73 Å². The molecular weight excluding hydrogens is 190 g/mol. The average Bonchev–Trinajstić information content (AvgIpc) is 2.42. The average molecular weight is 213 g/mol. The Hall–Kier alpha value is -0.610. The second-order valence-electron chi connectivity index (χ2n) is 4.38. The van der Waals surface area contributed by atoms with Crippen molar-refractivity contribution in [1.29, 1.82) is 0 Å². The summed E-state index contributed by atoms with van der Waals surface area (Å²) < 4.78 is 0. The highest BCUT2D eigenvalue weighted by Gasteiger charge is 2.21. The Morgan fingerprint density at radius 3 is 2.73 bits per heavy atom. The van der Waals surface area contributed by atoms with Crippen molar-refractivity contribution in [3.63, 3.8) is 0 Å². The SMILES string of the molecule is CCC[C@@H](N)C(=O)N1CCCN(C)CC1. The van der Waals surface area contributed by atoms with Crippen molar-refractivity contribution in [3.05, 3.63) is 0 Å². The summed E-state index contributed by atoms with van der Waals surface area (Å²) in [5.74, 6) is 0.132. The normalized spacial score (nSPS) is 21.1. The van der Waals surface area contributed by atoms with E-state index >= 15 is 0 Å². The zero-order chi connectivity index (χ0) is 11.3. The third-order valence-corrected chi connectivity index (χ3v) is 2.95. The molecule has 1 fully saturated rings. The Balaban J connectivity index is 2.44. The maximum Gasteiger partial charge on any atom is 0.239 e. The fraction of sp³-hybridized carbons (Fsp3) is 0.909. The first-order valence-corrected chi connectivity index (χ1v) is 5.88. The van der Waals surface area contributed by atoms with Crippen LogP contribution in [0.3, 0.4) is 0 Å². The highest BCUT2D eigenvalue weighted by Crippen LogP contribution is 2.05. The van der Waals surface area contributed by atoms with E-state index < -0.39 is 0 Å². The number of carbonyl (C=O) groups is 1. The van der Waals surface area contributed by atoms with Crippen LogP contribution in [0.15, 0.2) is 0 Å². The van der Waals surface area contributed by atoms with Crippen LogP contribution < -0.4 is 5.73 Å². The molecule has 0 radical (unpaired) electrons. The van der Waals surface area contributed by atoms with Gasteiger partial charge in [-0.25, -0.2) is 0 Å². The lowest BCUT2D eigenvalue weighted by atomic mass is 10.1. The van der Waals surface area contributed by atoms with Crippen LogP contribution in [-0.4, -0.2) is 55.0 Å². The summed E-state index contributed by atoms with van der Waals surface area (Å²) in [6, 6.07) is -0.293. The first-order chi connectivity index (χ1) is 7.15. The third-order valence-electron chi connectivity index (χ3n) is 2.95. The van der Waals surface area contributed by atoms with E-state index in [1.165, 1.54) is 0 Å². The van der Waals surface area contributed by atoms with E-state index in [9.17, 15) is 4.79 Å².